The van der Waals surface area contributed by atoms with E-state index in [-0.39, 0.29) is 12.1 Å². The van der Waals surface area contributed by atoms with Gasteiger partial charge in [0.1, 0.15) is 6.10 Å². The van der Waals surface area contributed by atoms with E-state index in [0.29, 0.717) is 18.1 Å². The Morgan fingerprint density at radius 1 is 1.56 bits per heavy atom. The van der Waals surface area contributed by atoms with Crippen LogP contribution in [0.2, 0.25) is 0 Å². The van der Waals surface area contributed by atoms with E-state index in [1.54, 1.807) is 0 Å². The predicted octanol–water partition coefficient (Wildman–Crippen LogP) is 1.59. The van der Waals surface area contributed by atoms with Gasteiger partial charge in [0.15, 0.2) is 0 Å². The van der Waals surface area contributed by atoms with Gasteiger partial charge < -0.3 is 15.0 Å². The molecule has 1 aromatic rings. The third-order valence-electron chi connectivity index (χ3n) is 2.80. The number of nitrogens with zero attached hydrogens (tertiary/aromatic N) is 2. The van der Waals surface area contributed by atoms with E-state index in [1.165, 1.54) is 0 Å². The average Bonchev–Trinajstić information content (AvgIpc) is 2.86. The molecule has 16 heavy (non-hydrogen) atoms. The van der Waals surface area contributed by atoms with Gasteiger partial charge in [0, 0.05) is 19.1 Å². The molecule has 1 aromatic heterocycles. The number of ether oxygens (including phenoxy) is 1. The van der Waals surface area contributed by atoms with Crippen molar-refractivity contribution in [3.63, 3.8) is 0 Å². The fourth-order valence-corrected chi connectivity index (χ4v) is 1.96. The van der Waals surface area contributed by atoms with Gasteiger partial charge in [-0.3, -0.25) is 0 Å². The van der Waals surface area contributed by atoms with Crippen molar-refractivity contribution in [3.05, 3.63) is 11.7 Å². The van der Waals surface area contributed by atoms with E-state index < -0.39 is 0 Å². The van der Waals surface area contributed by atoms with Crippen molar-refractivity contribution in [2.45, 2.75) is 51.2 Å². The Morgan fingerprint density at radius 3 is 3.12 bits per heavy atom. The van der Waals surface area contributed by atoms with Crippen LogP contribution in [-0.4, -0.2) is 22.8 Å². The highest BCUT2D eigenvalue weighted by atomic mass is 16.5. The van der Waals surface area contributed by atoms with Crippen molar-refractivity contribution in [3.8, 4) is 0 Å². The molecule has 2 heterocycles. The summed E-state index contributed by atoms with van der Waals surface area (Å²) in [6, 6.07) is 0.114. The van der Waals surface area contributed by atoms with Crippen LogP contribution in [0.25, 0.3) is 0 Å². The minimum absolute atomic E-state index is 0.0277. The quantitative estimate of drug-likeness (QED) is 0.823. The Kier molecular flexibility index (Phi) is 3.90. The van der Waals surface area contributed by atoms with Gasteiger partial charge in [-0.15, -0.1) is 0 Å². The lowest BCUT2D eigenvalue weighted by Crippen LogP contribution is -2.22. The maximum atomic E-state index is 5.92. The summed E-state index contributed by atoms with van der Waals surface area (Å²) < 4.78 is 10.7. The second kappa shape index (κ2) is 5.41. The molecule has 2 rings (SSSR count). The van der Waals surface area contributed by atoms with Gasteiger partial charge in [0.05, 0.1) is 0 Å². The number of hydrogen-bond acceptors (Lipinski definition) is 5. The van der Waals surface area contributed by atoms with Crippen molar-refractivity contribution in [1.82, 2.24) is 10.1 Å². The first-order valence-corrected chi connectivity index (χ1v) is 5.99. The molecule has 2 unspecified atom stereocenters. The fourth-order valence-electron chi connectivity index (χ4n) is 1.96. The van der Waals surface area contributed by atoms with Gasteiger partial charge >= 0.3 is 0 Å². The Morgan fingerprint density at radius 2 is 2.44 bits per heavy atom. The second-order valence-corrected chi connectivity index (χ2v) is 4.30. The minimum atomic E-state index is 0.0277. The molecule has 0 radical (unpaired) electrons. The topological polar surface area (TPSA) is 74.2 Å². The lowest BCUT2D eigenvalue weighted by molar-refractivity contribution is 0.103. The van der Waals surface area contributed by atoms with Crippen molar-refractivity contribution < 1.29 is 9.26 Å². The summed E-state index contributed by atoms with van der Waals surface area (Å²) in [7, 11) is 0. The molecule has 0 amide bonds. The first-order valence-electron chi connectivity index (χ1n) is 5.99. The van der Waals surface area contributed by atoms with E-state index in [9.17, 15) is 0 Å². The Bertz CT molecular complexity index is 321. The van der Waals surface area contributed by atoms with Crippen LogP contribution in [0.4, 0.5) is 0 Å². The number of hydrogen-bond donors (Lipinski definition) is 1. The lowest BCUT2D eigenvalue weighted by atomic mass is 10.1. The zero-order valence-corrected chi connectivity index (χ0v) is 9.69. The molecule has 1 fully saturated rings. The first-order chi connectivity index (χ1) is 7.79. The van der Waals surface area contributed by atoms with Gasteiger partial charge in [-0.1, -0.05) is 18.5 Å². The summed E-state index contributed by atoms with van der Waals surface area (Å²) in [5, 5.41) is 3.94. The molecule has 0 spiro atoms. The molecule has 0 bridgehead atoms. The summed E-state index contributed by atoms with van der Waals surface area (Å²) in [5.74, 6) is 1.31. The summed E-state index contributed by atoms with van der Waals surface area (Å²) in [4.78, 5) is 4.33. The SMILES string of the molecule is CCCC(N)Cc1nc(C2CCCO2)no1. The van der Waals surface area contributed by atoms with Crippen LogP contribution in [0.15, 0.2) is 4.52 Å². The van der Waals surface area contributed by atoms with Crippen LogP contribution in [0.5, 0.6) is 0 Å². The average molecular weight is 225 g/mol. The number of aromatic nitrogens is 2. The summed E-state index contributed by atoms with van der Waals surface area (Å²) in [6.07, 6.45) is 4.81. The minimum Gasteiger partial charge on any atom is -0.370 e. The highest BCUT2D eigenvalue weighted by molar-refractivity contribution is 4.94. The maximum absolute atomic E-state index is 5.92. The van der Waals surface area contributed by atoms with E-state index in [2.05, 4.69) is 17.1 Å². The predicted molar refractivity (Wildman–Crippen MR) is 58.8 cm³/mol. The lowest BCUT2D eigenvalue weighted by Gasteiger charge is -2.05. The highest BCUT2D eigenvalue weighted by Crippen LogP contribution is 2.26. The van der Waals surface area contributed by atoms with Crippen molar-refractivity contribution >= 4 is 0 Å². The molecule has 1 saturated heterocycles. The molecule has 0 saturated carbocycles. The van der Waals surface area contributed by atoms with E-state index in [4.69, 9.17) is 15.0 Å². The van der Waals surface area contributed by atoms with Crippen molar-refractivity contribution in [1.29, 1.82) is 0 Å². The molecular formula is C11H19N3O2. The smallest absolute Gasteiger partial charge is 0.228 e. The van der Waals surface area contributed by atoms with Crippen LogP contribution in [-0.2, 0) is 11.2 Å². The van der Waals surface area contributed by atoms with Crippen molar-refractivity contribution in [2.75, 3.05) is 6.61 Å². The van der Waals surface area contributed by atoms with Crippen molar-refractivity contribution in [2.24, 2.45) is 5.73 Å². The van der Waals surface area contributed by atoms with E-state index in [1.807, 2.05) is 0 Å². The van der Waals surface area contributed by atoms with Crippen LogP contribution < -0.4 is 5.73 Å². The third-order valence-corrected chi connectivity index (χ3v) is 2.80. The van der Waals surface area contributed by atoms with Gasteiger partial charge in [-0.25, -0.2) is 0 Å². The monoisotopic (exact) mass is 225 g/mol. The second-order valence-electron chi connectivity index (χ2n) is 4.30. The third kappa shape index (κ3) is 2.80. The molecule has 0 aliphatic carbocycles. The molecule has 2 N–H and O–H groups in total. The molecule has 90 valence electrons. The van der Waals surface area contributed by atoms with E-state index in [0.717, 1.165) is 32.3 Å². The number of rotatable bonds is 5. The van der Waals surface area contributed by atoms with Gasteiger partial charge in [0.2, 0.25) is 11.7 Å². The first kappa shape index (κ1) is 11.5. The van der Waals surface area contributed by atoms with Crippen LogP contribution >= 0.6 is 0 Å². The molecule has 5 nitrogen and oxygen atoms in total. The normalized spacial score (nSPS) is 22.5. The zero-order chi connectivity index (χ0) is 11.4. The zero-order valence-electron chi connectivity index (χ0n) is 9.69. The maximum Gasteiger partial charge on any atom is 0.228 e. The van der Waals surface area contributed by atoms with Gasteiger partial charge in [-0.05, 0) is 19.3 Å². The largest absolute Gasteiger partial charge is 0.370 e. The Balaban J connectivity index is 1.91. The molecule has 5 heteroatoms. The molecule has 1 aliphatic rings. The Labute approximate surface area is 95.3 Å². The Hall–Kier alpha value is -0.940. The van der Waals surface area contributed by atoms with Crippen LogP contribution in [0.1, 0.15) is 50.4 Å². The number of nitrogens with two attached hydrogens (primary N) is 1. The molecule has 1 aliphatic heterocycles. The molecular weight excluding hydrogens is 206 g/mol. The van der Waals surface area contributed by atoms with Crippen LogP contribution in [0.3, 0.4) is 0 Å². The fraction of sp³-hybridized carbons (Fsp3) is 0.818. The highest BCUT2D eigenvalue weighted by Gasteiger charge is 2.23. The summed E-state index contributed by atoms with van der Waals surface area (Å²) >= 11 is 0. The summed E-state index contributed by atoms with van der Waals surface area (Å²) in [5.41, 5.74) is 5.92. The molecule has 0 aromatic carbocycles. The summed E-state index contributed by atoms with van der Waals surface area (Å²) in [6.45, 7) is 2.91. The standard InChI is InChI=1S/C11H19N3O2/c1-2-4-8(12)7-10-13-11(14-16-10)9-5-3-6-15-9/h8-9H,2-7,12H2,1H3. The van der Waals surface area contributed by atoms with Crippen LogP contribution in [0, 0.1) is 0 Å². The van der Waals surface area contributed by atoms with E-state index >= 15 is 0 Å². The molecule has 2 atom stereocenters. The van der Waals surface area contributed by atoms with Gasteiger partial charge in [-0.2, -0.15) is 4.98 Å². The van der Waals surface area contributed by atoms with Gasteiger partial charge in [0.25, 0.3) is 0 Å².